The third kappa shape index (κ3) is 4.79. The first kappa shape index (κ1) is 14.8. The molecule has 2 saturated carbocycles. The van der Waals surface area contributed by atoms with Gasteiger partial charge in [-0.1, -0.05) is 20.3 Å². The first-order valence-corrected chi connectivity index (χ1v) is 7.92. The van der Waals surface area contributed by atoms with Crippen molar-refractivity contribution in [3.63, 3.8) is 0 Å². The van der Waals surface area contributed by atoms with Crippen LogP contribution < -0.4 is 5.32 Å². The molecular formula is C16H29NO2. The molecular weight excluding hydrogens is 238 g/mol. The summed E-state index contributed by atoms with van der Waals surface area (Å²) in [7, 11) is 0. The van der Waals surface area contributed by atoms with Crippen molar-refractivity contribution in [3.05, 3.63) is 0 Å². The van der Waals surface area contributed by atoms with Crippen molar-refractivity contribution in [1.29, 1.82) is 0 Å². The molecule has 110 valence electrons. The van der Waals surface area contributed by atoms with E-state index < -0.39 is 0 Å². The summed E-state index contributed by atoms with van der Waals surface area (Å²) >= 11 is 0. The molecule has 0 aromatic heterocycles. The van der Waals surface area contributed by atoms with Gasteiger partial charge in [0.2, 0.25) is 5.91 Å². The monoisotopic (exact) mass is 267 g/mol. The Kier molecular flexibility index (Phi) is 4.88. The Hall–Kier alpha value is -0.570. The van der Waals surface area contributed by atoms with E-state index in [1.165, 1.54) is 25.7 Å². The van der Waals surface area contributed by atoms with Crippen molar-refractivity contribution >= 4 is 5.91 Å². The number of aliphatic hydroxyl groups is 1. The Morgan fingerprint density at radius 3 is 2.53 bits per heavy atom. The van der Waals surface area contributed by atoms with Crippen LogP contribution in [0.3, 0.4) is 0 Å². The van der Waals surface area contributed by atoms with Gasteiger partial charge in [0.15, 0.2) is 0 Å². The lowest BCUT2D eigenvalue weighted by atomic mass is 9.71. The number of nitrogens with one attached hydrogen (secondary N) is 1. The first-order chi connectivity index (χ1) is 8.94. The molecule has 3 heteroatoms. The van der Waals surface area contributed by atoms with Crippen molar-refractivity contribution in [3.8, 4) is 0 Å². The fourth-order valence-corrected chi connectivity index (χ4v) is 3.80. The molecule has 1 amide bonds. The molecule has 2 aliphatic rings. The van der Waals surface area contributed by atoms with Crippen LogP contribution in [0.1, 0.15) is 71.6 Å². The molecule has 1 atom stereocenters. The summed E-state index contributed by atoms with van der Waals surface area (Å²) in [5, 5.41) is 12.6. The lowest BCUT2D eigenvalue weighted by Crippen LogP contribution is -2.39. The third-order valence-electron chi connectivity index (χ3n) is 4.84. The van der Waals surface area contributed by atoms with Crippen molar-refractivity contribution < 1.29 is 9.90 Å². The Bertz CT molecular complexity index is 306. The smallest absolute Gasteiger partial charge is 0.220 e. The predicted octanol–water partition coefficient (Wildman–Crippen LogP) is 3.01. The van der Waals surface area contributed by atoms with E-state index in [4.69, 9.17) is 0 Å². The minimum absolute atomic E-state index is 0.146. The molecule has 3 nitrogen and oxygen atoms in total. The van der Waals surface area contributed by atoms with Crippen LogP contribution in [0.5, 0.6) is 0 Å². The van der Waals surface area contributed by atoms with Crippen LogP contribution >= 0.6 is 0 Å². The number of hydrogen-bond acceptors (Lipinski definition) is 2. The zero-order chi connectivity index (χ0) is 13.9. The maximum Gasteiger partial charge on any atom is 0.220 e. The summed E-state index contributed by atoms with van der Waals surface area (Å²) < 4.78 is 0. The van der Waals surface area contributed by atoms with Gasteiger partial charge in [0.1, 0.15) is 0 Å². The highest BCUT2D eigenvalue weighted by atomic mass is 16.3. The van der Waals surface area contributed by atoms with Gasteiger partial charge in [-0.15, -0.1) is 0 Å². The molecule has 2 aliphatic carbocycles. The number of carbonyl (C=O) groups excluding carboxylic acids is 1. The van der Waals surface area contributed by atoms with Crippen LogP contribution in [0, 0.1) is 11.3 Å². The number of rotatable bonds is 3. The summed E-state index contributed by atoms with van der Waals surface area (Å²) in [4.78, 5) is 12.1. The Balaban J connectivity index is 1.72. The van der Waals surface area contributed by atoms with Crippen LogP contribution in [0.25, 0.3) is 0 Å². The second kappa shape index (κ2) is 6.25. The van der Waals surface area contributed by atoms with E-state index in [2.05, 4.69) is 19.2 Å². The van der Waals surface area contributed by atoms with E-state index in [-0.39, 0.29) is 12.0 Å². The number of hydrogen-bond donors (Lipinski definition) is 2. The average Bonchev–Trinajstić information content (AvgIpc) is 2.30. The Morgan fingerprint density at radius 2 is 1.89 bits per heavy atom. The number of carbonyl (C=O) groups is 1. The van der Waals surface area contributed by atoms with Gasteiger partial charge in [0, 0.05) is 12.5 Å². The normalized spacial score (nSPS) is 34.8. The third-order valence-corrected chi connectivity index (χ3v) is 4.84. The summed E-state index contributed by atoms with van der Waals surface area (Å²) in [6.45, 7) is 4.64. The van der Waals surface area contributed by atoms with E-state index >= 15 is 0 Å². The predicted molar refractivity (Wildman–Crippen MR) is 76.8 cm³/mol. The molecule has 0 saturated heterocycles. The molecule has 0 bridgehead atoms. The van der Waals surface area contributed by atoms with Crippen LogP contribution in [0.15, 0.2) is 0 Å². The molecule has 0 radical (unpaired) electrons. The fourth-order valence-electron chi connectivity index (χ4n) is 3.80. The van der Waals surface area contributed by atoms with Gasteiger partial charge >= 0.3 is 0 Å². The highest BCUT2D eigenvalue weighted by Gasteiger charge is 2.29. The van der Waals surface area contributed by atoms with Gasteiger partial charge in [-0.3, -0.25) is 4.79 Å². The van der Waals surface area contributed by atoms with E-state index in [1.807, 2.05) is 0 Å². The maximum absolute atomic E-state index is 12.1. The SMILES string of the molecule is CC1(C)CCCC(CC(=O)NC2CCC(O)CC2)C1. The molecule has 19 heavy (non-hydrogen) atoms. The van der Waals surface area contributed by atoms with Gasteiger partial charge in [-0.25, -0.2) is 0 Å². The largest absolute Gasteiger partial charge is 0.393 e. The Morgan fingerprint density at radius 1 is 1.21 bits per heavy atom. The molecule has 2 rings (SSSR count). The van der Waals surface area contributed by atoms with Crippen LogP contribution in [-0.4, -0.2) is 23.2 Å². The lowest BCUT2D eigenvalue weighted by molar-refractivity contribution is -0.123. The van der Waals surface area contributed by atoms with Crippen LogP contribution in [0.2, 0.25) is 0 Å². The molecule has 0 heterocycles. The molecule has 0 aliphatic heterocycles. The standard InChI is InChI=1S/C16H29NO2/c1-16(2)9-3-4-12(11-16)10-15(19)17-13-5-7-14(18)8-6-13/h12-14,18H,3-11H2,1-2H3,(H,17,19). The summed E-state index contributed by atoms with van der Waals surface area (Å²) in [5.74, 6) is 0.794. The average molecular weight is 267 g/mol. The molecule has 1 unspecified atom stereocenters. The van der Waals surface area contributed by atoms with Crippen molar-refractivity contribution in [2.75, 3.05) is 0 Å². The molecule has 0 aromatic rings. The molecule has 2 N–H and O–H groups in total. The van der Waals surface area contributed by atoms with E-state index in [9.17, 15) is 9.90 Å². The second-order valence-corrected chi connectivity index (χ2v) is 7.40. The van der Waals surface area contributed by atoms with Crippen molar-refractivity contribution in [1.82, 2.24) is 5.32 Å². The van der Waals surface area contributed by atoms with E-state index in [0.717, 1.165) is 25.7 Å². The highest BCUT2D eigenvalue weighted by Crippen LogP contribution is 2.39. The van der Waals surface area contributed by atoms with Gasteiger partial charge in [-0.2, -0.15) is 0 Å². The number of amides is 1. The van der Waals surface area contributed by atoms with E-state index in [0.29, 0.717) is 23.8 Å². The van der Waals surface area contributed by atoms with Crippen LogP contribution in [-0.2, 0) is 4.79 Å². The fraction of sp³-hybridized carbons (Fsp3) is 0.938. The molecule has 0 spiro atoms. The molecule has 0 aromatic carbocycles. The van der Waals surface area contributed by atoms with Gasteiger partial charge in [0.05, 0.1) is 6.10 Å². The number of aliphatic hydroxyl groups excluding tert-OH is 1. The van der Waals surface area contributed by atoms with Gasteiger partial charge in [-0.05, 0) is 56.3 Å². The summed E-state index contributed by atoms with van der Waals surface area (Å²) in [5.41, 5.74) is 0.415. The summed E-state index contributed by atoms with van der Waals surface area (Å²) in [6.07, 6.45) is 9.04. The quantitative estimate of drug-likeness (QED) is 0.826. The maximum atomic E-state index is 12.1. The van der Waals surface area contributed by atoms with Gasteiger partial charge < -0.3 is 10.4 Å². The van der Waals surface area contributed by atoms with E-state index in [1.54, 1.807) is 0 Å². The lowest BCUT2D eigenvalue weighted by Gasteiger charge is -2.35. The zero-order valence-corrected chi connectivity index (χ0v) is 12.5. The minimum atomic E-state index is -0.146. The summed E-state index contributed by atoms with van der Waals surface area (Å²) in [6, 6.07) is 0.299. The highest BCUT2D eigenvalue weighted by molar-refractivity contribution is 5.76. The van der Waals surface area contributed by atoms with Crippen LogP contribution in [0.4, 0.5) is 0 Å². The van der Waals surface area contributed by atoms with Crippen molar-refractivity contribution in [2.24, 2.45) is 11.3 Å². The minimum Gasteiger partial charge on any atom is -0.393 e. The first-order valence-electron chi connectivity index (χ1n) is 7.92. The molecule has 2 fully saturated rings. The Labute approximate surface area is 117 Å². The topological polar surface area (TPSA) is 49.3 Å². The van der Waals surface area contributed by atoms with Crippen molar-refractivity contribution in [2.45, 2.75) is 83.8 Å². The van der Waals surface area contributed by atoms with Gasteiger partial charge in [0.25, 0.3) is 0 Å². The zero-order valence-electron chi connectivity index (χ0n) is 12.5. The second-order valence-electron chi connectivity index (χ2n) is 7.40.